The molecule has 1 aliphatic rings. The van der Waals surface area contributed by atoms with Gasteiger partial charge in [0.1, 0.15) is 16.9 Å². The molecule has 0 unspecified atom stereocenters. The molecule has 0 aromatic carbocycles. The second-order valence-corrected chi connectivity index (χ2v) is 10.4. The Morgan fingerprint density at radius 2 is 1.82 bits per heavy atom. The van der Waals surface area contributed by atoms with Crippen LogP contribution in [0.3, 0.4) is 0 Å². The normalized spacial score (nSPS) is 19.4. The largest absolute Gasteiger partial charge is 0.390 e. The summed E-state index contributed by atoms with van der Waals surface area (Å²) in [5.41, 5.74) is 10.0. The van der Waals surface area contributed by atoms with E-state index in [0.717, 1.165) is 59.4 Å². The van der Waals surface area contributed by atoms with Gasteiger partial charge in [-0.15, -0.1) is 5.10 Å². The van der Waals surface area contributed by atoms with E-state index in [1.807, 2.05) is 45.2 Å². The van der Waals surface area contributed by atoms with Crippen molar-refractivity contribution in [1.82, 2.24) is 29.1 Å². The number of pyridine rings is 1. The van der Waals surface area contributed by atoms with Crippen molar-refractivity contribution in [3.05, 3.63) is 30.2 Å². The Balaban J connectivity index is 1.43. The van der Waals surface area contributed by atoms with Crippen LogP contribution in [0, 0.1) is 12.8 Å². The van der Waals surface area contributed by atoms with E-state index in [1.54, 1.807) is 4.52 Å². The van der Waals surface area contributed by atoms with Crippen molar-refractivity contribution in [1.29, 1.82) is 0 Å². The maximum absolute atomic E-state index is 10.3. The summed E-state index contributed by atoms with van der Waals surface area (Å²) in [5, 5.41) is 18.4. The molecule has 9 nitrogen and oxygen atoms in total. The van der Waals surface area contributed by atoms with E-state index in [2.05, 4.69) is 38.8 Å². The summed E-state index contributed by atoms with van der Waals surface area (Å²) < 4.78 is 3.92. The second-order valence-electron chi connectivity index (χ2n) is 10.4. The quantitative estimate of drug-likeness (QED) is 0.403. The van der Waals surface area contributed by atoms with Gasteiger partial charge in [-0.1, -0.05) is 0 Å². The van der Waals surface area contributed by atoms with Gasteiger partial charge >= 0.3 is 0 Å². The summed E-state index contributed by atoms with van der Waals surface area (Å²) in [5.74, 6) is 2.21. The van der Waals surface area contributed by atoms with Crippen LogP contribution < -0.4 is 11.1 Å². The molecule has 0 amide bonds. The van der Waals surface area contributed by atoms with Crippen LogP contribution in [0.2, 0.25) is 0 Å². The summed E-state index contributed by atoms with van der Waals surface area (Å²) in [7, 11) is 0. The topological polar surface area (TPSA) is 119 Å². The first-order valence-corrected chi connectivity index (χ1v) is 12.1. The van der Waals surface area contributed by atoms with Gasteiger partial charge in [-0.25, -0.2) is 14.5 Å². The van der Waals surface area contributed by atoms with E-state index in [9.17, 15) is 5.11 Å². The number of hydrogen-bond donors (Lipinski definition) is 3. The molecule has 1 aliphatic carbocycles. The van der Waals surface area contributed by atoms with Gasteiger partial charge < -0.3 is 20.7 Å². The average Bonchev–Trinajstić information content (AvgIpc) is 3.33. The van der Waals surface area contributed by atoms with E-state index in [-0.39, 0.29) is 12.1 Å². The van der Waals surface area contributed by atoms with Crippen LogP contribution >= 0.6 is 0 Å². The molecule has 5 rings (SSSR count). The van der Waals surface area contributed by atoms with Crippen LogP contribution in [-0.4, -0.2) is 45.9 Å². The van der Waals surface area contributed by atoms with Crippen LogP contribution in [0.5, 0.6) is 0 Å². The van der Waals surface area contributed by atoms with Crippen molar-refractivity contribution in [2.24, 2.45) is 5.92 Å². The third kappa shape index (κ3) is 3.98. The van der Waals surface area contributed by atoms with Gasteiger partial charge in [-0.3, -0.25) is 0 Å². The highest BCUT2D eigenvalue weighted by atomic mass is 16.3. The molecule has 4 heterocycles. The number of aliphatic hydroxyl groups is 1. The van der Waals surface area contributed by atoms with Gasteiger partial charge in [0.25, 0.3) is 0 Å². The minimum Gasteiger partial charge on any atom is -0.390 e. The number of nitrogens with zero attached hydrogens (tertiary/aromatic N) is 6. The number of fused-ring (bicyclic) bond motifs is 2. The predicted octanol–water partition coefficient (Wildman–Crippen LogP) is 4.35. The lowest BCUT2D eigenvalue weighted by Crippen LogP contribution is -2.37. The number of nitrogen functional groups attached to an aromatic ring is 1. The molecule has 0 radical (unpaired) electrons. The standard InChI is InChI=1S/C25H34N8O/c1-14(2)33-15(3)27-20-11-10-19(29-23(20)33)18-12-13-32-21(18)22(26)30-24(31-32)28-17-8-6-16(7-9-17)25(4,5)34/h10-14,16-17,34H,6-9H2,1-5H3,(H3,26,28,30,31). The Kier molecular flexibility index (Phi) is 5.47. The van der Waals surface area contributed by atoms with Gasteiger partial charge in [-0.05, 0) is 84.4 Å². The van der Waals surface area contributed by atoms with Gasteiger partial charge in [0, 0.05) is 23.8 Å². The van der Waals surface area contributed by atoms with E-state index < -0.39 is 5.60 Å². The number of nitrogens with two attached hydrogens (primary N) is 1. The molecule has 180 valence electrons. The SMILES string of the molecule is Cc1nc2ccc(-c3ccn4nc(NC5CCC(C(C)(C)O)CC5)nc(N)c34)nc2n1C(C)C. The molecule has 0 spiro atoms. The number of aromatic nitrogens is 6. The van der Waals surface area contributed by atoms with Crippen LogP contribution in [0.1, 0.15) is 65.2 Å². The van der Waals surface area contributed by atoms with Crippen molar-refractivity contribution < 1.29 is 5.11 Å². The zero-order valence-electron chi connectivity index (χ0n) is 20.6. The predicted molar refractivity (Wildman–Crippen MR) is 135 cm³/mol. The Morgan fingerprint density at radius 3 is 2.50 bits per heavy atom. The first kappa shape index (κ1) is 22.6. The molecule has 1 fully saturated rings. The molecule has 4 aromatic heterocycles. The lowest BCUT2D eigenvalue weighted by Gasteiger charge is -2.36. The van der Waals surface area contributed by atoms with Gasteiger partial charge in [0.2, 0.25) is 5.95 Å². The van der Waals surface area contributed by atoms with E-state index >= 15 is 0 Å². The molecule has 4 aromatic rings. The Labute approximate surface area is 199 Å². The smallest absolute Gasteiger partial charge is 0.243 e. The molecule has 9 heteroatoms. The first-order valence-electron chi connectivity index (χ1n) is 12.1. The third-order valence-electron chi connectivity index (χ3n) is 7.10. The van der Waals surface area contributed by atoms with Gasteiger partial charge in [-0.2, -0.15) is 4.98 Å². The maximum Gasteiger partial charge on any atom is 0.243 e. The molecule has 4 N–H and O–H groups in total. The minimum absolute atomic E-state index is 0.263. The van der Waals surface area contributed by atoms with Gasteiger partial charge in [0.15, 0.2) is 11.5 Å². The Bertz CT molecular complexity index is 1340. The zero-order chi connectivity index (χ0) is 24.2. The summed E-state index contributed by atoms with van der Waals surface area (Å²) in [6, 6.07) is 6.49. The monoisotopic (exact) mass is 462 g/mol. The molecular weight excluding hydrogens is 428 g/mol. The summed E-state index contributed by atoms with van der Waals surface area (Å²) in [6.45, 7) is 10.1. The number of imidazole rings is 1. The van der Waals surface area contributed by atoms with Crippen LogP contribution in [0.4, 0.5) is 11.8 Å². The minimum atomic E-state index is -0.630. The number of anilines is 2. The third-order valence-corrected chi connectivity index (χ3v) is 7.10. The number of hydrogen-bond acceptors (Lipinski definition) is 7. The first-order chi connectivity index (χ1) is 16.1. The Morgan fingerprint density at radius 1 is 1.09 bits per heavy atom. The van der Waals surface area contributed by atoms with Crippen molar-refractivity contribution >= 4 is 28.4 Å². The molecular formula is C25H34N8O. The number of aryl methyl sites for hydroxylation is 1. The highest BCUT2D eigenvalue weighted by Crippen LogP contribution is 2.34. The van der Waals surface area contributed by atoms with Gasteiger partial charge in [0.05, 0.1) is 11.3 Å². The molecule has 0 saturated heterocycles. The molecule has 34 heavy (non-hydrogen) atoms. The molecule has 1 saturated carbocycles. The summed E-state index contributed by atoms with van der Waals surface area (Å²) >= 11 is 0. The van der Waals surface area contributed by atoms with Crippen LogP contribution in [0.15, 0.2) is 24.4 Å². The molecule has 0 aliphatic heterocycles. The highest BCUT2D eigenvalue weighted by Gasteiger charge is 2.31. The lowest BCUT2D eigenvalue weighted by molar-refractivity contribution is -0.000417. The highest BCUT2D eigenvalue weighted by molar-refractivity contribution is 5.88. The zero-order valence-corrected chi connectivity index (χ0v) is 20.6. The summed E-state index contributed by atoms with van der Waals surface area (Å²) in [4.78, 5) is 14.2. The van der Waals surface area contributed by atoms with Crippen molar-refractivity contribution in [3.63, 3.8) is 0 Å². The number of rotatable bonds is 5. The van der Waals surface area contributed by atoms with Crippen molar-refractivity contribution in [3.8, 4) is 11.3 Å². The van der Waals surface area contributed by atoms with E-state index in [4.69, 9.17) is 10.7 Å². The van der Waals surface area contributed by atoms with Crippen LogP contribution in [-0.2, 0) is 0 Å². The van der Waals surface area contributed by atoms with E-state index in [0.29, 0.717) is 17.7 Å². The molecule has 0 atom stereocenters. The fourth-order valence-electron chi connectivity index (χ4n) is 5.30. The van der Waals surface area contributed by atoms with Crippen molar-refractivity contribution in [2.75, 3.05) is 11.1 Å². The fourth-order valence-corrected chi connectivity index (χ4v) is 5.30. The Hall–Kier alpha value is -3.20. The second kappa shape index (κ2) is 8.23. The number of nitrogens with one attached hydrogen (secondary N) is 1. The fraction of sp³-hybridized carbons (Fsp3) is 0.520. The molecule has 0 bridgehead atoms. The summed E-state index contributed by atoms with van der Waals surface area (Å²) in [6.07, 6.45) is 5.80. The van der Waals surface area contributed by atoms with Crippen molar-refractivity contribution in [2.45, 2.75) is 78.0 Å². The average molecular weight is 463 g/mol. The van der Waals surface area contributed by atoms with E-state index in [1.165, 1.54) is 0 Å². The maximum atomic E-state index is 10.3. The van der Waals surface area contributed by atoms with Crippen LogP contribution in [0.25, 0.3) is 27.9 Å². The lowest BCUT2D eigenvalue weighted by atomic mass is 9.77.